The Bertz CT molecular complexity index is 664. The molecule has 2 heterocycles. The summed E-state index contributed by atoms with van der Waals surface area (Å²) in [5.74, 6) is 2.82. The molecule has 3 aliphatic rings. The Morgan fingerprint density at radius 1 is 1.19 bits per heavy atom. The zero-order chi connectivity index (χ0) is 14.0. The summed E-state index contributed by atoms with van der Waals surface area (Å²) in [6.45, 7) is 0. The summed E-state index contributed by atoms with van der Waals surface area (Å²) in [4.78, 5) is 1.26. The van der Waals surface area contributed by atoms with Gasteiger partial charge in [0.2, 0.25) is 0 Å². The van der Waals surface area contributed by atoms with Gasteiger partial charge in [-0.05, 0) is 50.0 Å². The van der Waals surface area contributed by atoms with Gasteiger partial charge in [-0.3, -0.25) is 0 Å². The quantitative estimate of drug-likeness (QED) is 0.855. The maximum atomic E-state index is 13.8. The van der Waals surface area contributed by atoms with E-state index >= 15 is 0 Å². The largest absolute Gasteiger partial charge is 0.311 e. The number of halogens is 1. The molecule has 0 aromatic carbocycles. The maximum absolute atomic E-state index is 13.8. The molecule has 3 saturated carbocycles. The van der Waals surface area contributed by atoms with Gasteiger partial charge in [-0.1, -0.05) is 6.07 Å². The molecule has 2 aromatic rings. The molecular formula is C16H18FN3S. The molecule has 0 saturated heterocycles. The Labute approximate surface area is 127 Å². The molecule has 0 spiro atoms. The number of hydrogen-bond donors (Lipinski definition) is 0. The SMILES string of the molecule is FC1CC(c2cccs2)(c2nnc(C3CC3)n2C2CC2)C1. The fourth-order valence-corrected chi connectivity index (χ4v) is 4.63. The van der Waals surface area contributed by atoms with Crippen LogP contribution in [-0.4, -0.2) is 20.9 Å². The Morgan fingerprint density at radius 2 is 2.00 bits per heavy atom. The predicted octanol–water partition coefficient (Wildman–Crippen LogP) is 3.97. The van der Waals surface area contributed by atoms with E-state index < -0.39 is 6.17 Å². The molecule has 5 heteroatoms. The molecule has 0 unspecified atom stereocenters. The fraction of sp³-hybridized carbons (Fsp3) is 0.625. The van der Waals surface area contributed by atoms with Crippen molar-refractivity contribution in [1.29, 1.82) is 0 Å². The number of alkyl halides is 1. The summed E-state index contributed by atoms with van der Waals surface area (Å²) < 4.78 is 16.2. The van der Waals surface area contributed by atoms with E-state index in [1.54, 1.807) is 11.3 Å². The first kappa shape index (κ1) is 12.3. The highest BCUT2D eigenvalue weighted by Crippen LogP contribution is 2.54. The zero-order valence-corrected chi connectivity index (χ0v) is 12.7. The van der Waals surface area contributed by atoms with Crippen molar-refractivity contribution in [2.45, 2.75) is 62.1 Å². The molecule has 0 radical (unpaired) electrons. The Kier molecular flexibility index (Phi) is 2.44. The van der Waals surface area contributed by atoms with Crippen LogP contribution in [0.2, 0.25) is 0 Å². The van der Waals surface area contributed by atoms with E-state index in [1.165, 1.54) is 36.4 Å². The van der Waals surface area contributed by atoms with Crippen LogP contribution in [0.5, 0.6) is 0 Å². The van der Waals surface area contributed by atoms with Crippen molar-refractivity contribution in [2.75, 3.05) is 0 Å². The van der Waals surface area contributed by atoms with Crippen LogP contribution in [0.15, 0.2) is 17.5 Å². The van der Waals surface area contributed by atoms with Gasteiger partial charge in [0.1, 0.15) is 17.8 Å². The molecule has 0 atom stereocenters. The molecule has 0 aliphatic heterocycles. The Balaban J connectivity index is 1.65. The smallest absolute Gasteiger partial charge is 0.145 e. The van der Waals surface area contributed by atoms with Crippen LogP contribution in [0.3, 0.4) is 0 Å². The third-order valence-electron chi connectivity index (χ3n) is 5.14. The Morgan fingerprint density at radius 3 is 2.57 bits per heavy atom. The maximum Gasteiger partial charge on any atom is 0.145 e. The van der Waals surface area contributed by atoms with Gasteiger partial charge in [0, 0.05) is 16.8 Å². The van der Waals surface area contributed by atoms with Crippen LogP contribution in [0.4, 0.5) is 4.39 Å². The van der Waals surface area contributed by atoms with Gasteiger partial charge in [-0.15, -0.1) is 21.5 Å². The summed E-state index contributed by atoms with van der Waals surface area (Å²) in [5.41, 5.74) is -0.212. The van der Waals surface area contributed by atoms with Crippen LogP contribution in [0.25, 0.3) is 0 Å². The van der Waals surface area contributed by atoms with Crippen molar-refractivity contribution < 1.29 is 4.39 Å². The number of rotatable bonds is 4. The second-order valence-electron chi connectivity index (χ2n) is 6.82. The van der Waals surface area contributed by atoms with Crippen LogP contribution in [0, 0.1) is 0 Å². The van der Waals surface area contributed by atoms with Crippen LogP contribution in [0.1, 0.15) is 67.0 Å². The molecule has 3 nitrogen and oxygen atoms in total. The van der Waals surface area contributed by atoms with Crippen molar-refractivity contribution in [1.82, 2.24) is 14.8 Å². The molecule has 21 heavy (non-hydrogen) atoms. The highest BCUT2D eigenvalue weighted by molar-refractivity contribution is 7.10. The lowest BCUT2D eigenvalue weighted by Gasteiger charge is -2.42. The van der Waals surface area contributed by atoms with Crippen molar-refractivity contribution in [3.05, 3.63) is 34.0 Å². The lowest BCUT2D eigenvalue weighted by Crippen LogP contribution is -2.45. The van der Waals surface area contributed by atoms with Gasteiger partial charge < -0.3 is 4.57 Å². The molecule has 0 bridgehead atoms. The van der Waals surface area contributed by atoms with Crippen molar-refractivity contribution >= 4 is 11.3 Å². The molecular weight excluding hydrogens is 285 g/mol. The van der Waals surface area contributed by atoms with E-state index in [0.29, 0.717) is 24.8 Å². The topological polar surface area (TPSA) is 30.7 Å². The average Bonchev–Trinajstić information content (AvgIpc) is 3.37. The summed E-state index contributed by atoms with van der Waals surface area (Å²) in [5, 5.41) is 11.2. The first-order chi connectivity index (χ1) is 10.3. The monoisotopic (exact) mass is 303 g/mol. The van der Waals surface area contributed by atoms with E-state index in [2.05, 4.69) is 32.3 Å². The van der Waals surface area contributed by atoms with E-state index in [-0.39, 0.29) is 5.41 Å². The summed E-state index contributed by atoms with van der Waals surface area (Å²) in [6, 6.07) is 4.77. The minimum Gasteiger partial charge on any atom is -0.311 e. The number of nitrogens with zero attached hydrogens (tertiary/aromatic N) is 3. The first-order valence-electron chi connectivity index (χ1n) is 7.91. The molecule has 0 amide bonds. The predicted molar refractivity (Wildman–Crippen MR) is 79.5 cm³/mol. The lowest BCUT2D eigenvalue weighted by molar-refractivity contribution is 0.116. The number of thiophene rings is 1. The fourth-order valence-electron chi connectivity index (χ4n) is 3.68. The number of hydrogen-bond acceptors (Lipinski definition) is 3. The van der Waals surface area contributed by atoms with E-state index in [0.717, 1.165) is 5.82 Å². The average molecular weight is 303 g/mol. The zero-order valence-electron chi connectivity index (χ0n) is 11.8. The van der Waals surface area contributed by atoms with Gasteiger partial charge in [0.05, 0.1) is 5.41 Å². The third-order valence-corrected chi connectivity index (χ3v) is 6.21. The van der Waals surface area contributed by atoms with Gasteiger partial charge in [-0.2, -0.15) is 0 Å². The standard InChI is InChI=1S/C16H18FN3S/c17-11-8-16(9-11,13-2-1-7-21-13)15-19-18-14(10-3-4-10)20(15)12-5-6-12/h1-2,7,10-12H,3-6,8-9H2. The van der Waals surface area contributed by atoms with Crippen LogP contribution >= 0.6 is 11.3 Å². The molecule has 110 valence electrons. The second kappa shape index (κ2) is 4.15. The summed E-state index contributed by atoms with van der Waals surface area (Å²) >= 11 is 1.73. The highest BCUT2D eigenvalue weighted by Gasteiger charge is 2.53. The minimum absolute atomic E-state index is 0.212. The van der Waals surface area contributed by atoms with E-state index in [4.69, 9.17) is 0 Å². The van der Waals surface area contributed by atoms with Crippen LogP contribution < -0.4 is 0 Å². The lowest BCUT2D eigenvalue weighted by atomic mass is 9.65. The molecule has 2 aromatic heterocycles. The van der Waals surface area contributed by atoms with Gasteiger partial charge in [0.15, 0.2) is 0 Å². The molecule has 3 aliphatic carbocycles. The third kappa shape index (κ3) is 1.76. The summed E-state index contributed by atoms with van der Waals surface area (Å²) in [7, 11) is 0. The molecule has 5 rings (SSSR count). The van der Waals surface area contributed by atoms with Gasteiger partial charge in [0.25, 0.3) is 0 Å². The number of aromatic nitrogens is 3. The van der Waals surface area contributed by atoms with Crippen molar-refractivity contribution in [2.24, 2.45) is 0 Å². The van der Waals surface area contributed by atoms with E-state index in [9.17, 15) is 4.39 Å². The summed E-state index contributed by atoms with van der Waals surface area (Å²) in [6.07, 6.45) is 5.38. The second-order valence-corrected chi connectivity index (χ2v) is 7.77. The normalized spacial score (nSPS) is 32.1. The molecule has 3 fully saturated rings. The minimum atomic E-state index is -0.694. The van der Waals surface area contributed by atoms with Crippen LogP contribution in [-0.2, 0) is 5.41 Å². The van der Waals surface area contributed by atoms with E-state index in [1.807, 2.05) is 0 Å². The van der Waals surface area contributed by atoms with Crippen molar-refractivity contribution in [3.63, 3.8) is 0 Å². The van der Waals surface area contributed by atoms with Crippen molar-refractivity contribution in [3.8, 4) is 0 Å². The first-order valence-corrected chi connectivity index (χ1v) is 8.79. The van der Waals surface area contributed by atoms with Gasteiger partial charge >= 0.3 is 0 Å². The highest BCUT2D eigenvalue weighted by atomic mass is 32.1. The van der Waals surface area contributed by atoms with Gasteiger partial charge in [-0.25, -0.2) is 4.39 Å². The molecule has 0 N–H and O–H groups in total. The Hall–Kier alpha value is -1.23.